The molecule has 0 aliphatic carbocycles. The summed E-state index contributed by atoms with van der Waals surface area (Å²) in [5.41, 5.74) is 3.21. The van der Waals surface area contributed by atoms with E-state index in [4.69, 9.17) is 4.98 Å². The van der Waals surface area contributed by atoms with Crippen LogP contribution < -0.4 is 5.32 Å². The van der Waals surface area contributed by atoms with Gasteiger partial charge in [-0.3, -0.25) is 9.78 Å². The van der Waals surface area contributed by atoms with E-state index in [1.807, 2.05) is 49.4 Å². The molecule has 1 unspecified atom stereocenters. The number of amides is 1. The molecule has 1 aromatic carbocycles. The van der Waals surface area contributed by atoms with Crippen LogP contribution in [0.15, 0.2) is 54.9 Å². The molecule has 0 aliphatic rings. The van der Waals surface area contributed by atoms with Crippen molar-refractivity contribution in [3.8, 4) is 11.3 Å². The van der Waals surface area contributed by atoms with Gasteiger partial charge in [-0.15, -0.1) is 0 Å². The van der Waals surface area contributed by atoms with E-state index in [1.54, 1.807) is 12.4 Å². The fourth-order valence-corrected chi connectivity index (χ4v) is 2.84. The van der Waals surface area contributed by atoms with Crippen LogP contribution in [0.3, 0.4) is 0 Å². The molecule has 1 atom stereocenters. The van der Waals surface area contributed by atoms with Gasteiger partial charge in [-0.2, -0.15) is 0 Å². The summed E-state index contributed by atoms with van der Waals surface area (Å²) in [5.74, 6) is -0.0511. The molecule has 0 bridgehead atoms. The first kappa shape index (κ1) is 16.1. The monoisotopic (exact) mass is 319 g/mol. The predicted molar refractivity (Wildman–Crippen MR) is 96.8 cm³/mol. The van der Waals surface area contributed by atoms with Crippen LogP contribution in [0.1, 0.15) is 37.0 Å². The number of hydrogen-bond acceptors (Lipinski definition) is 3. The summed E-state index contributed by atoms with van der Waals surface area (Å²) in [6.07, 6.45) is 5.47. The van der Waals surface area contributed by atoms with Crippen LogP contribution in [0.25, 0.3) is 22.2 Å². The van der Waals surface area contributed by atoms with Gasteiger partial charge in [0.15, 0.2) is 0 Å². The first-order chi connectivity index (χ1) is 11.7. The average molecular weight is 319 g/mol. The summed E-state index contributed by atoms with van der Waals surface area (Å²) in [6.45, 7) is 4.15. The second-order valence-electron chi connectivity index (χ2n) is 5.97. The smallest absolute Gasteiger partial charge is 0.252 e. The number of rotatable bonds is 5. The number of pyridine rings is 2. The van der Waals surface area contributed by atoms with Gasteiger partial charge in [-0.05, 0) is 37.6 Å². The van der Waals surface area contributed by atoms with Crippen LogP contribution in [0.4, 0.5) is 0 Å². The van der Waals surface area contributed by atoms with E-state index in [0.29, 0.717) is 5.56 Å². The van der Waals surface area contributed by atoms with Crippen LogP contribution in [0.5, 0.6) is 0 Å². The molecular weight excluding hydrogens is 298 g/mol. The number of benzene rings is 1. The summed E-state index contributed by atoms with van der Waals surface area (Å²) >= 11 is 0. The number of nitrogens with zero attached hydrogens (tertiary/aromatic N) is 2. The van der Waals surface area contributed by atoms with E-state index < -0.39 is 0 Å². The minimum atomic E-state index is -0.0511. The lowest BCUT2D eigenvalue weighted by Gasteiger charge is -2.15. The fraction of sp³-hybridized carbons (Fsp3) is 0.250. The van der Waals surface area contributed by atoms with Crippen molar-refractivity contribution in [3.63, 3.8) is 0 Å². The number of para-hydroxylation sites is 1. The van der Waals surface area contributed by atoms with Crippen molar-refractivity contribution in [2.45, 2.75) is 32.7 Å². The van der Waals surface area contributed by atoms with Crippen molar-refractivity contribution in [1.82, 2.24) is 15.3 Å². The molecule has 122 valence electrons. The molecule has 4 heteroatoms. The van der Waals surface area contributed by atoms with Crippen molar-refractivity contribution in [2.75, 3.05) is 0 Å². The maximum Gasteiger partial charge on any atom is 0.252 e. The van der Waals surface area contributed by atoms with E-state index in [9.17, 15) is 4.79 Å². The molecule has 3 aromatic rings. The Hall–Kier alpha value is -2.75. The highest BCUT2D eigenvalue weighted by Crippen LogP contribution is 2.24. The Bertz CT molecular complexity index is 846. The molecule has 1 N–H and O–H groups in total. The largest absolute Gasteiger partial charge is 0.350 e. The lowest BCUT2D eigenvalue weighted by molar-refractivity contribution is 0.0940. The molecule has 0 saturated heterocycles. The zero-order valence-electron chi connectivity index (χ0n) is 14.0. The van der Waals surface area contributed by atoms with Crippen molar-refractivity contribution >= 4 is 16.8 Å². The number of fused-ring (bicyclic) bond motifs is 1. The Balaban J connectivity index is 2.06. The van der Waals surface area contributed by atoms with Crippen molar-refractivity contribution in [2.24, 2.45) is 0 Å². The van der Waals surface area contributed by atoms with Gasteiger partial charge in [0.05, 0.1) is 16.8 Å². The SMILES string of the molecule is CCCC(C)NC(=O)c1cc(-c2ccncc2)nc2ccccc12. The maximum atomic E-state index is 12.8. The zero-order chi connectivity index (χ0) is 16.9. The first-order valence-corrected chi connectivity index (χ1v) is 8.30. The highest BCUT2D eigenvalue weighted by atomic mass is 16.1. The zero-order valence-corrected chi connectivity index (χ0v) is 14.0. The third-order valence-corrected chi connectivity index (χ3v) is 4.04. The van der Waals surface area contributed by atoms with Crippen molar-refractivity contribution in [1.29, 1.82) is 0 Å². The molecule has 3 rings (SSSR count). The second-order valence-corrected chi connectivity index (χ2v) is 5.97. The Labute approximate surface area is 142 Å². The lowest BCUT2D eigenvalue weighted by atomic mass is 10.0. The molecular formula is C20H21N3O. The van der Waals surface area contributed by atoms with Crippen LogP contribution in [-0.2, 0) is 0 Å². The lowest BCUT2D eigenvalue weighted by Crippen LogP contribution is -2.32. The average Bonchev–Trinajstić information content (AvgIpc) is 2.61. The Kier molecular flexibility index (Phi) is 4.85. The van der Waals surface area contributed by atoms with Crippen LogP contribution in [-0.4, -0.2) is 21.9 Å². The summed E-state index contributed by atoms with van der Waals surface area (Å²) in [4.78, 5) is 21.5. The maximum absolute atomic E-state index is 12.8. The fourth-order valence-electron chi connectivity index (χ4n) is 2.84. The third kappa shape index (κ3) is 3.43. The van der Waals surface area contributed by atoms with Gasteiger partial charge in [0.2, 0.25) is 0 Å². The Morgan fingerprint density at radius 2 is 1.92 bits per heavy atom. The molecule has 24 heavy (non-hydrogen) atoms. The second kappa shape index (κ2) is 7.21. The molecule has 0 aliphatic heterocycles. The highest BCUT2D eigenvalue weighted by molar-refractivity contribution is 6.07. The molecule has 2 aromatic heterocycles. The van der Waals surface area contributed by atoms with Crippen molar-refractivity contribution in [3.05, 3.63) is 60.4 Å². The quantitative estimate of drug-likeness (QED) is 0.766. The highest BCUT2D eigenvalue weighted by Gasteiger charge is 2.15. The number of aromatic nitrogens is 2. The third-order valence-electron chi connectivity index (χ3n) is 4.04. The minimum absolute atomic E-state index is 0.0511. The van der Waals surface area contributed by atoms with Gasteiger partial charge >= 0.3 is 0 Å². The summed E-state index contributed by atoms with van der Waals surface area (Å²) in [5, 5.41) is 3.96. The van der Waals surface area contributed by atoms with E-state index in [1.165, 1.54) is 0 Å². The van der Waals surface area contributed by atoms with Crippen LogP contribution in [0, 0.1) is 0 Å². The van der Waals surface area contributed by atoms with Gasteiger partial charge in [-0.1, -0.05) is 31.5 Å². The molecule has 0 fully saturated rings. The van der Waals surface area contributed by atoms with Crippen molar-refractivity contribution < 1.29 is 4.79 Å². The molecule has 1 amide bonds. The Morgan fingerprint density at radius 3 is 2.67 bits per heavy atom. The van der Waals surface area contributed by atoms with E-state index in [-0.39, 0.29) is 11.9 Å². The van der Waals surface area contributed by atoms with Gasteiger partial charge in [0, 0.05) is 29.4 Å². The molecule has 0 saturated carbocycles. The molecule has 2 heterocycles. The predicted octanol–water partition coefficient (Wildman–Crippen LogP) is 4.22. The first-order valence-electron chi connectivity index (χ1n) is 8.30. The summed E-state index contributed by atoms with van der Waals surface area (Å²) < 4.78 is 0. The molecule has 0 radical (unpaired) electrons. The normalized spacial score (nSPS) is 12.1. The van der Waals surface area contributed by atoms with E-state index in [2.05, 4.69) is 17.2 Å². The van der Waals surface area contributed by atoms with Gasteiger partial charge < -0.3 is 5.32 Å². The minimum Gasteiger partial charge on any atom is -0.350 e. The number of nitrogens with one attached hydrogen (secondary N) is 1. The summed E-state index contributed by atoms with van der Waals surface area (Å²) in [6, 6.07) is 13.6. The van der Waals surface area contributed by atoms with E-state index in [0.717, 1.165) is 35.0 Å². The topological polar surface area (TPSA) is 54.9 Å². The van der Waals surface area contributed by atoms with Gasteiger partial charge in [0.1, 0.15) is 0 Å². The van der Waals surface area contributed by atoms with Gasteiger partial charge in [0.25, 0.3) is 5.91 Å². The van der Waals surface area contributed by atoms with E-state index >= 15 is 0 Å². The van der Waals surface area contributed by atoms with Gasteiger partial charge in [-0.25, -0.2) is 4.98 Å². The van der Waals surface area contributed by atoms with Crippen LogP contribution in [0.2, 0.25) is 0 Å². The Morgan fingerprint density at radius 1 is 1.17 bits per heavy atom. The summed E-state index contributed by atoms with van der Waals surface area (Å²) in [7, 11) is 0. The number of hydrogen-bond donors (Lipinski definition) is 1. The molecule has 0 spiro atoms. The standard InChI is InChI=1S/C20H21N3O/c1-3-6-14(2)22-20(24)17-13-19(15-9-11-21-12-10-15)23-18-8-5-4-7-16(17)18/h4-5,7-14H,3,6H2,1-2H3,(H,22,24). The number of carbonyl (C=O) groups is 1. The number of carbonyl (C=O) groups excluding carboxylic acids is 1. The molecule has 4 nitrogen and oxygen atoms in total. The van der Waals surface area contributed by atoms with Crippen LogP contribution >= 0.6 is 0 Å².